The molecule has 5 nitrogen and oxygen atoms in total. The van der Waals surface area contributed by atoms with E-state index in [9.17, 15) is 31.5 Å². The van der Waals surface area contributed by atoms with Gasteiger partial charge < -0.3 is 9.90 Å². The highest BCUT2D eigenvalue weighted by molar-refractivity contribution is 7.89. The lowest BCUT2D eigenvalue weighted by Crippen LogP contribution is -2.45. The Kier molecular flexibility index (Phi) is 4.21. The SMILES string of the molecule is C[C@@H](NS(=O)(=O)c1cccc(C(F)(F)F)c1)C(=O)[O-]. The standard InChI is InChI=1S/C10H10F3NO4S/c1-6(9(15)16)14-19(17,18)8-4-2-3-7(5-8)10(11,12)13/h2-6,14H,1H3,(H,15,16)/p-1/t6-/m1/s1. The van der Waals surface area contributed by atoms with Crippen LogP contribution in [0.4, 0.5) is 13.2 Å². The molecule has 0 saturated heterocycles. The van der Waals surface area contributed by atoms with E-state index in [0.29, 0.717) is 12.1 Å². The smallest absolute Gasteiger partial charge is 0.416 e. The zero-order valence-electron chi connectivity index (χ0n) is 9.56. The van der Waals surface area contributed by atoms with Crippen molar-refractivity contribution >= 4 is 16.0 Å². The quantitative estimate of drug-likeness (QED) is 0.855. The summed E-state index contributed by atoms with van der Waals surface area (Å²) in [5.74, 6) is -1.68. The second-order valence-electron chi connectivity index (χ2n) is 3.69. The van der Waals surface area contributed by atoms with Crippen LogP contribution in [-0.4, -0.2) is 20.4 Å². The van der Waals surface area contributed by atoms with Crippen LogP contribution in [0.25, 0.3) is 0 Å². The number of carboxylic acids is 1. The minimum atomic E-state index is -4.69. The van der Waals surface area contributed by atoms with Gasteiger partial charge in [-0.15, -0.1) is 0 Å². The van der Waals surface area contributed by atoms with E-state index in [1.165, 1.54) is 0 Å². The van der Waals surface area contributed by atoms with Gasteiger partial charge in [-0.3, -0.25) is 0 Å². The first-order chi connectivity index (χ1) is 8.54. The molecule has 1 N–H and O–H groups in total. The molecule has 1 aromatic rings. The van der Waals surface area contributed by atoms with E-state index in [1.807, 2.05) is 0 Å². The number of hydrogen-bond acceptors (Lipinski definition) is 4. The van der Waals surface area contributed by atoms with E-state index in [1.54, 1.807) is 4.72 Å². The van der Waals surface area contributed by atoms with E-state index in [-0.39, 0.29) is 0 Å². The van der Waals surface area contributed by atoms with E-state index < -0.39 is 38.7 Å². The van der Waals surface area contributed by atoms with Crippen LogP contribution >= 0.6 is 0 Å². The van der Waals surface area contributed by atoms with Gasteiger partial charge in [-0.25, -0.2) is 13.1 Å². The molecule has 9 heteroatoms. The van der Waals surface area contributed by atoms with Crippen LogP contribution in [0.1, 0.15) is 12.5 Å². The number of alkyl halides is 3. The third-order valence-electron chi connectivity index (χ3n) is 2.16. The van der Waals surface area contributed by atoms with Crippen molar-refractivity contribution < 1.29 is 31.5 Å². The molecule has 0 amide bonds. The van der Waals surface area contributed by atoms with E-state index in [2.05, 4.69) is 0 Å². The summed E-state index contributed by atoms with van der Waals surface area (Å²) in [6, 6.07) is 1.42. The third-order valence-corrected chi connectivity index (χ3v) is 3.70. The van der Waals surface area contributed by atoms with E-state index in [4.69, 9.17) is 0 Å². The summed E-state index contributed by atoms with van der Waals surface area (Å²) in [6.07, 6.45) is -4.69. The second-order valence-corrected chi connectivity index (χ2v) is 5.40. The highest BCUT2D eigenvalue weighted by atomic mass is 32.2. The van der Waals surface area contributed by atoms with Crippen molar-refractivity contribution in [2.24, 2.45) is 0 Å². The van der Waals surface area contributed by atoms with Gasteiger partial charge in [-0.2, -0.15) is 13.2 Å². The monoisotopic (exact) mass is 296 g/mol. The highest BCUT2D eigenvalue weighted by Gasteiger charge is 2.31. The molecule has 0 unspecified atom stereocenters. The van der Waals surface area contributed by atoms with Gasteiger partial charge in [0.15, 0.2) is 0 Å². The number of benzene rings is 1. The average molecular weight is 296 g/mol. The Labute approximate surface area is 107 Å². The Hall–Kier alpha value is -1.61. The third kappa shape index (κ3) is 3.93. The van der Waals surface area contributed by atoms with Crippen molar-refractivity contribution in [3.8, 4) is 0 Å². The summed E-state index contributed by atoms with van der Waals surface area (Å²) in [5.41, 5.74) is -1.14. The lowest BCUT2D eigenvalue weighted by atomic mass is 10.2. The molecule has 0 aromatic heterocycles. The van der Waals surface area contributed by atoms with Gasteiger partial charge in [0, 0.05) is 0 Å². The number of carbonyl (C=O) groups excluding carboxylic acids is 1. The van der Waals surface area contributed by atoms with Crippen molar-refractivity contribution in [1.82, 2.24) is 4.72 Å². The normalized spacial score (nSPS) is 14.1. The number of sulfonamides is 1. The molecule has 0 radical (unpaired) electrons. The molecule has 19 heavy (non-hydrogen) atoms. The molecule has 1 rings (SSSR count). The number of nitrogens with one attached hydrogen (secondary N) is 1. The van der Waals surface area contributed by atoms with E-state index in [0.717, 1.165) is 19.1 Å². The van der Waals surface area contributed by atoms with Gasteiger partial charge in [0.1, 0.15) is 0 Å². The fourth-order valence-corrected chi connectivity index (χ4v) is 2.43. The number of aliphatic carboxylic acids is 1. The molecule has 0 saturated carbocycles. The molecule has 0 spiro atoms. The van der Waals surface area contributed by atoms with Crippen LogP contribution < -0.4 is 9.83 Å². The number of carbonyl (C=O) groups is 1. The molecular formula is C10H9F3NO4S-. The van der Waals surface area contributed by atoms with Crippen LogP contribution in [0.5, 0.6) is 0 Å². The Morgan fingerprint density at radius 3 is 2.42 bits per heavy atom. The number of hydrogen-bond donors (Lipinski definition) is 1. The first-order valence-corrected chi connectivity index (χ1v) is 6.43. The van der Waals surface area contributed by atoms with Crippen LogP contribution in [0.15, 0.2) is 29.2 Å². The molecule has 0 aliphatic carbocycles. The largest absolute Gasteiger partial charge is 0.548 e. The summed E-state index contributed by atoms with van der Waals surface area (Å²) < 4.78 is 62.3. The van der Waals surface area contributed by atoms with Crippen molar-refractivity contribution in [1.29, 1.82) is 0 Å². The molecule has 0 bridgehead atoms. The maximum absolute atomic E-state index is 12.4. The highest BCUT2D eigenvalue weighted by Crippen LogP contribution is 2.30. The van der Waals surface area contributed by atoms with Gasteiger partial charge in [0.05, 0.1) is 22.5 Å². The van der Waals surface area contributed by atoms with Gasteiger partial charge in [-0.1, -0.05) is 6.07 Å². The summed E-state index contributed by atoms with van der Waals surface area (Å²) in [5, 5.41) is 10.4. The first-order valence-electron chi connectivity index (χ1n) is 4.94. The average Bonchev–Trinajstić information content (AvgIpc) is 2.27. The molecular weight excluding hydrogens is 287 g/mol. The molecule has 0 heterocycles. The predicted octanol–water partition coefficient (Wildman–Crippen LogP) is 0.122. The van der Waals surface area contributed by atoms with Crippen LogP contribution in [0.3, 0.4) is 0 Å². The summed E-state index contributed by atoms with van der Waals surface area (Å²) in [4.78, 5) is 9.75. The Morgan fingerprint density at radius 2 is 1.95 bits per heavy atom. The van der Waals surface area contributed by atoms with Gasteiger partial charge >= 0.3 is 6.18 Å². The summed E-state index contributed by atoms with van der Waals surface area (Å²) in [6.45, 7) is 1.00. The van der Waals surface area contributed by atoms with Crippen molar-refractivity contribution in [3.63, 3.8) is 0 Å². The van der Waals surface area contributed by atoms with E-state index >= 15 is 0 Å². The molecule has 1 aromatic carbocycles. The van der Waals surface area contributed by atoms with Crippen molar-refractivity contribution in [2.45, 2.75) is 24.0 Å². The molecule has 0 aliphatic heterocycles. The Balaban J connectivity index is 3.13. The molecule has 0 aliphatic rings. The number of halogens is 3. The zero-order valence-corrected chi connectivity index (χ0v) is 10.4. The predicted molar refractivity (Wildman–Crippen MR) is 56.2 cm³/mol. The summed E-state index contributed by atoms with van der Waals surface area (Å²) in [7, 11) is -4.36. The zero-order chi connectivity index (χ0) is 14.8. The lowest BCUT2D eigenvalue weighted by Gasteiger charge is -2.15. The van der Waals surface area contributed by atoms with Crippen LogP contribution in [0.2, 0.25) is 0 Å². The molecule has 1 atom stereocenters. The number of carboxylic acid groups (broad SMARTS) is 1. The second kappa shape index (κ2) is 5.17. The lowest BCUT2D eigenvalue weighted by molar-refractivity contribution is -0.307. The van der Waals surface area contributed by atoms with Crippen LogP contribution in [0, 0.1) is 0 Å². The Bertz CT molecular complexity index is 583. The summed E-state index contributed by atoms with van der Waals surface area (Å²) >= 11 is 0. The fraction of sp³-hybridized carbons (Fsp3) is 0.300. The van der Waals surface area contributed by atoms with Gasteiger partial charge in [-0.05, 0) is 25.1 Å². The number of rotatable bonds is 4. The first kappa shape index (κ1) is 15.4. The Morgan fingerprint density at radius 1 is 1.37 bits per heavy atom. The maximum Gasteiger partial charge on any atom is 0.416 e. The molecule has 106 valence electrons. The minimum Gasteiger partial charge on any atom is -0.548 e. The minimum absolute atomic E-state index is 0.421. The van der Waals surface area contributed by atoms with Crippen LogP contribution in [-0.2, 0) is 21.0 Å². The van der Waals surface area contributed by atoms with Crippen molar-refractivity contribution in [2.75, 3.05) is 0 Å². The maximum atomic E-state index is 12.4. The molecule has 0 fully saturated rings. The van der Waals surface area contributed by atoms with Gasteiger partial charge in [0.25, 0.3) is 0 Å². The fourth-order valence-electron chi connectivity index (χ4n) is 1.19. The van der Waals surface area contributed by atoms with Crippen molar-refractivity contribution in [3.05, 3.63) is 29.8 Å². The van der Waals surface area contributed by atoms with Gasteiger partial charge in [0.2, 0.25) is 10.0 Å². The topological polar surface area (TPSA) is 86.3 Å².